The molecule has 2 aromatic carbocycles. The number of benzene rings is 2. The van der Waals surface area contributed by atoms with Crippen LogP contribution in [0.1, 0.15) is 18.1 Å². The van der Waals surface area contributed by atoms with Crippen LogP contribution in [0.4, 0.5) is 11.4 Å². The number of hydrogen-bond donors (Lipinski definition) is 1. The number of carbonyl (C=O) groups excluding carboxylic acids is 1. The Kier molecular flexibility index (Phi) is 6.24. The molecule has 0 saturated carbocycles. The Balaban J connectivity index is 1.69. The van der Waals surface area contributed by atoms with Gasteiger partial charge in [0.15, 0.2) is 0 Å². The Morgan fingerprint density at radius 3 is 2.41 bits per heavy atom. The number of nitrogens with zero attached hydrogens (tertiary/aromatic N) is 2. The Morgan fingerprint density at radius 1 is 1.15 bits per heavy atom. The minimum absolute atomic E-state index is 0.0775. The Morgan fingerprint density at radius 2 is 1.81 bits per heavy atom. The number of morpholine rings is 1. The van der Waals surface area contributed by atoms with E-state index in [1.807, 2.05) is 54.6 Å². The van der Waals surface area contributed by atoms with Crippen LogP contribution in [0.15, 0.2) is 54.1 Å². The molecule has 1 aliphatic heterocycles. The van der Waals surface area contributed by atoms with Crippen LogP contribution in [0, 0.1) is 11.3 Å². The van der Waals surface area contributed by atoms with Gasteiger partial charge < -0.3 is 15.0 Å². The molecule has 1 heterocycles. The number of anilines is 2. The first-order valence-corrected chi connectivity index (χ1v) is 9.14. The summed E-state index contributed by atoms with van der Waals surface area (Å²) >= 11 is 0. The maximum Gasteiger partial charge on any atom is 0.266 e. The molecule has 1 N–H and O–H groups in total. The number of amides is 1. The number of nitrogens with one attached hydrogen (secondary N) is 1. The summed E-state index contributed by atoms with van der Waals surface area (Å²) in [6.45, 7) is 5.30. The monoisotopic (exact) mass is 361 g/mol. The van der Waals surface area contributed by atoms with Gasteiger partial charge in [-0.3, -0.25) is 4.79 Å². The molecular formula is C22H23N3O2. The third-order valence-corrected chi connectivity index (χ3v) is 4.57. The lowest BCUT2D eigenvalue weighted by atomic mass is 10.1. The van der Waals surface area contributed by atoms with Crippen LogP contribution in [-0.4, -0.2) is 32.2 Å². The van der Waals surface area contributed by atoms with E-state index in [0.717, 1.165) is 44.0 Å². The van der Waals surface area contributed by atoms with Gasteiger partial charge in [0, 0.05) is 24.5 Å². The fraction of sp³-hybridized carbons (Fsp3) is 0.273. The molecule has 1 amide bonds. The molecule has 0 spiro atoms. The fourth-order valence-electron chi connectivity index (χ4n) is 2.94. The van der Waals surface area contributed by atoms with Crippen LogP contribution in [0.5, 0.6) is 0 Å². The van der Waals surface area contributed by atoms with Gasteiger partial charge in [-0.1, -0.05) is 31.2 Å². The second-order valence-electron chi connectivity index (χ2n) is 6.37. The lowest BCUT2D eigenvalue weighted by Gasteiger charge is -2.28. The van der Waals surface area contributed by atoms with Crippen molar-refractivity contribution >= 4 is 23.4 Å². The molecule has 0 radical (unpaired) electrons. The van der Waals surface area contributed by atoms with Gasteiger partial charge in [-0.25, -0.2) is 0 Å². The standard InChI is InChI=1S/C22H23N3O2/c1-2-17-3-7-20(8-4-17)24-22(26)19(16-23)15-18-5-9-21(10-6-18)25-11-13-27-14-12-25/h3-10,15H,2,11-14H2,1H3,(H,24,26)/b19-15-. The molecule has 2 aromatic rings. The van der Waals surface area contributed by atoms with E-state index in [9.17, 15) is 10.1 Å². The first-order valence-electron chi connectivity index (χ1n) is 9.14. The summed E-state index contributed by atoms with van der Waals surface area (Å²) in [5, 5.41) is 12.2. The van der Waals surface area contributed by atoms with Gasteiger partial charge in [0.1, 0.15) is 11.6 Å². The SMILES string of the molecule is CCc1ccc(NC(=O)/C(C#N)=C\c2ccc(N3CCOCC3)cc2)cc1. The average Bonchev–Trinajstić information content (AvgIpc) is 2.73. The van der Waals surface area contributed by atoms with Crippen LogP contribution < -0.4 is 10.2 Å². The van der Waals surface area contributed by atoms with Crippen molar-refractivity contribution < 1.29 is 9.53 Å². The summed E-state index contributed by atoms with van der Waals surface area (Å²) in [6.07, 6.45) is 2.55. The van der Waals surface area contributed by atoms with Gasteiger partial charge in [0.2, 0.25) is 0 Å². The van der Waals surface area contributed by atoms with Crippen molar-refractivity contribution in [2.24, 2.45) is 0 Å². The maximum absolute atomic E-state index is 12.4. The smallest absolute Gasteiger partial charge is 0.266 e. The summed E-state index contributed by atoms with van der Waals surface area (Å²) in [6, 6.07) is 17.5. The molecule has 0 atom stereocenters. The molecule has 1 fully saturated rings. The molecule has 3 rings (SSSR count). The minimum Gasteiger partial charge on any atom is -0.378 e. The van der Waals surface area contributed by atoms with Crippen molar-refractivity contribution in [3.8, 4) is 6.07 Å². The molecule has 138 valence electrons. The zero-order chi connectivity index (χ0) is 19.1. The molecular weight excluding hydrogens is 338 g/mol. The van der Waals surface area contributed by atoms with Crippen molar-refractivity contribution in [3.05, 3.63) is 65.2 Å². The number of carbonyl (C=O) groups is 1. The van der Waals surface area contributed by atoms with E-state index in [2.05, 4.69) is 17.1 Å². The number of rotatable bonds is 5. The highest BCUT2D eigenvalue weighted by atomic mass is 16.5. The predicted molar refractivity (Wildman–Crippen MR) is 108 cm³/mol. The second kappa shape index (κ2) is 9.02. The first kappa shape index (κ1) is 18.7. The summed E-state index contributed by atoms with van der Waals surface area (Å²) < 4.78 is 5.37. The van der Waals surface area contributed by atoms with Crippen molar-refractivity contribution in [2.45, 2.75) is 13.3 Å². The average molecular weight is 361 g/mol. The lowest BCUT2D eigenvalue weighted by molar-refractivity contribution is -0.112. The summed E-state index contributed by atoms with van der Waals surface area (Å²) in [5.41, 5.74) is 3.90. The van der Waals surface area contributed by atoms with Crippen molar-refractivity contribution in [3.63, 3.8) is 0 Å². The van der Waals surface area contributed by atoms with Crippen LogP contribution in [0.3, 0.4) is 0 Å². The molecule has 0 aromatic heterocycles. The van der Waals surface area contributed by atoms with Crippen LogP contribution >= 0.6 is 0 Å². The van der Waals surface area contributed by atoms with Crippen molar-refractivity contribution in [1.82, 2.24) is 0 Å². The van der Waals surface area contributed by atoms with E-state index >= 15 is 0 Å². The molecule has 27 heavy (non-hydrogen) atoms. The molecule has 1 saturated heterocycles. The van der Waals surface area contributed by atoms with E-state index in [1.165, 1.54) is 5.56 Å². The summed E-state index contributed by atoms with van der Waals surface area (Å²) in [4.78, 5) is 14.7. The van der Waals surface area contributed by atoms with Gasteiger partial charge in [0.05, 0.1) is 13.2 Å². The highest BCUT2D eigenvalue weighted by molar-refractivity contribution is 6.09. The predicted octanol–water partition coefficient (Wildman–Crippen LogP) is 3.63. The highest BCUT2D eigenvalue weighted by Crippen LogP contribution is 2.18. The molecule has 0 aliphatic carbocycles. The molecule has 0 bridgehead atoms. The second-order valence-corrected chi connectivity index (χ2v) is 6.37. The molecule has 5 heteroatoms. The third-order valence-electron chi connectivity index (χ3n) is 4.57. The quantitative estimate of drug-likeness (QED) is 0.652. The van der Waals surface area contributed by atoms with Gasteiger partial charge in [0.25, 0.3) is 5.91 Å². The van der Waals surface area contributed by atoms with Crippen LogP contribution in [0.2, 0.25) is 0 Å². The van der Waals surface area contributed by atoms with Gasteiger partial charge in [-0.05, 0) is 47.9 Å². The van der Waals surface area contributed by atoms with Crippen molar-refractivity contribution in [1.29, 1.82) is 5.26 Å². The largest absolute Gasteiger partial charge is 0.378 e. The summed E-state index contributed by atoms with van der Waals surface area (Å²) in [7, 11) is 0. The molecule has 0 unspecified atom stereocenters. The van der Waals surface area contributed by atoms with Gasteiger partial charge in [-0.15, -0.1) is 0 Å². The minimum atomic E-state index is -0.404. The van der Waals surface area contributed by atoms with Crippen LogP contribution in [0.25, 0.3) is 6.08 Å². The van der Waals surface area contributed by atoms with Gasteiger partial charge >= 0.3 is 0 Å². The first-order chi connectivity index (χ1) is 13.2. The fourth-order valence-corrected chi connectivity index (χ4v) is 2.94. The van der Waals surface area contributed by atoms with Gasteiger partial charge in [-0.2, -0.15) is 5.26 Å². The van der Waals surface area contributed by atoms with E-state index in [0.29, 0.717) is 5.69 Å². The number of hydrogen-bond acceptors (Lipinski definition) is 4. The Bertz CT molecular complexity index is 843. The zero-order valence-corrected chi connectivity index (χ0v) is 15.4. The lowest BCUT2D eigenvalue weighted by Crippen LogP contribution is -2.36. The normalized spacial score (nSPS) is 14.5. The number of ether oxygens (including phenoxy) is 1. The summed E-state index contributed by atoms with van der Waals surface area (Å²) in [5.74, 6) is -0.404. The van der Waals surface area contributed by atoms with E-state index in [4.69, 9.17) is 4.74 Å². The molecule has 1 aliphatic rings. The zero-order valence-electron chi connectivity index (χ0n) is 15.4. The highest BCUT2D eigenvalue weighted by Gasteiger charge is 2.12. The topological polar surface area (TPSA) is 65.4 Å². The van der Waals surface area contributed by atoms with Crippen molar-refractivity contribution in [2.75, 3.05) is 36.5 Å². The van der Waals surface area contributed by atoms with Crippen LogP contribution in [-0.2, 0) is 16.0 Å². The van der Waals surface area contributed by atoms with E-state index in [1.54, 1.807) is 6.08 Å². The Hall–Kier alpha value is -3.10. The number of aryl methyl sites for hydroxylation is 1. The third kappa shape index (κ3) is 4.96. The van der Waals surface area contributed by atoms with E-state index < -0.39 is 5.91 Å². The maximum atomic E-state index is 12.4. The van der Waals surface area contributed by atoms with E-state index in [-0.39, 0.29) is 5.57 Å². The molecule has 5 nitrogen and oxygen atoms in total. The number of nitriles is 1. The Labute approximate surface area is 159 Å².